The minimum Gasteiger partial charge on any atom is -0.481 e. The van der Waals surface area contributed by atoms with Crippen LogP contribution >= 0.6 is 0 Å². The molecule has 1 N–H and O–H groups in total. The monoisotopic (exact) mass is 390 g/mol. The van der Waals surface area contributed by atoms with Crippen LogP contribution in [0, 0.1) is 11.6 Å². The molecule has 7 heteroatoms. The van der Waals surface area contributed by atoms with Crippen molar-refractivity contribution in [2.75, 3.05) is 6.26 Å². The summed E-state index contributed by atoms with van der Waals surface area (Å²) < 4.78 is 51.3. The van der Waals surface area contributed by atoms with Crippen LogP contribution in [-0.2, 0) is 14.6 Å². The smallest absolute Gasteiger partial charge is 0.307 e. The Bertz CT molecular complexity index is 1110. The highest BCUT2D eigenvalue weighted by Crippen LogP contribution is 2.45. The second kappa shape index (κ2) is 6.74. The van der Waals surface area contributed by atoms with E-state index in [1.807, 2.05) is 0 Å². The predicted molar refractivity (Wildman–Crippen MR) is 98.6 cm³/mol. The van der Waals surface area contributed by atoms with E-state index in [9.17, 15) is 22.0 Å². The number of hydrogen-bond acceptors (Lipinski definition) is 3. The number of halogens is 2. The fourth-order valence-electron chi connectivity index (χ4n) is 3.17. The van der Waals surface area contributed by atoms with Crippen molar-refractivity contribution in [1.82, 2.24) is 0 Å². The molecule has 2 aromatic carbocycles. The lowest BCUT2D eigenvalue weighted by atomic mass is 10.00. The number of carbonyl (C=O) groups is 1. The Morgan fingerprint density at radius 3 is 2.33 bits per heavy atom. The number of carboxylic acids is 1. The zero-order chi connectivity index (χ0) is 19.9. The zero-order valence-electron chi connectivity index (χ0n) is 14.6. The molecule has 0 saturated heterocycles. The third kappa shape index (κ3) is 3.68. The van der Waals surface area contributed by atoms with Crippen LogP contribution in [-0.4, -0.2) is 25.7 Å². The first kappa shape index (κ1) is 19.0. The van der Waals surface area contributed by atoms with E-state index in [1.165, 1.54) is 12.1 Å². The molecule has 0 spiro atoms. The summed E-state index contributed by atoms with van der Waals surface area (Å²) in [6.45, 7) is 1.66. The van der Waals surface area contributed by atoms with Crippen LogP contribution in [0.2, 0.25) is 0 Å². The zero-order valence-corrected chi connectivity index (χ0v) is 15.4. The van der Waals surface area contributed by atoms with Gasteiger partial charge in [-0.25, -0.2) is 17.2 Å². The lowest BCUT2D eigenvalue weighted by molar-refractivity contribution is -0.135. The lowest BCUT2D eigenvalue weighted by Crippen LogP contribution is -1.98. The van der Waals surface area contributed by atoms with Gasteiger partial charge in [0.25, 0.3) is 0 Å². The summed E-state index contributed by atoms with van der Waals surface area (Å²) in [4.78, 5) is 11.3. The quantitative estimate of drug-likeness (QED) is 0.851. The Balaban J connectivity index is 2.16. The fraction of sp³-hybridized carbons (Fsp3) is 0.150. The van der Waals surface area contributed by atoms with Crippen LogP contribution in [0.3, 0.4) is 0 Å². The molecule has 0 fully saturated rings. The third-order valence-electron chi connectivity index (χ3n) is 4.45. The first-order valence-corrected chi connectivity index (χ1v) is 9.90. The highest BCUT2D eigenvalue weighted by Gasteiger charge is 2.28. The number of benzene rings is 2. The van der Waals surface area contributed by atoms with E-state index in [-0.39, 0.29) is 22.4 Å². The Labute approximate surface area is 155 Å². The van der Waals surface area contributed by atoms with Crippen molar-refractivity contribution < 1.29 is 27.1 Å². The molecule has 27 heavy (non-hydrogen) atoms. The predicted octanol–water partition coefficient (Wildman–Crippen LogP) is 4.17. The normalized spacial score (nSPS) is 15.3. The molecule has 0 aromatic heterocycles. The molecule has 0 atom stereocenters. The van der Waals surface area contributed by atoms with Crippen molar-refractivity contribution in [1.29, 1.82) is 0 Å². The van der Waals surface area contributed by atoms with Gasteiger partial charge in [0, 0.05) is 17.9 Å². The number of hydrogen-bond donors (Lipinski definition) is 1. The summed E-state index contributed by atoms with van der Waals surface area (Å²) in [5.74, 6) is -2.65. The van der Waals surface area contributed by atoms with E-state index in [2.05, 4.69) is 0 Å². The number of fused-ring (bicyclic) bond motifs is 1. The van der Waals surface area contributed by atoms with Crippen molar-refractivity contribution in [2.24, 2.45) is 0 Å². The molecule has 0 bridgehead atoms. The number of sulfone groups is 1. The van der Waals surface area contributed by atoms with Crippen LogP contribution in [0.5, 0.6) is 0 Å². The second-order valence-corrected chi connectivity index (χ2v) is 8.40. The summed E-state index contributed by atoms with van der Waals surface area (Å²) in [5, 5.41) is 9.14. The minimum atomic E-state index is -3.34. The second-order valence-electron chi connectivity index (χ2n) is 6.38. The van der Waals surface area contributed by atoms with Gasteiger partial charge in [-0.3, -0.25) is 4.79 Å². The molecule has 1 aliphatic rings. The van der Waals surface area contributed by atoms with E-state index in [4.69, 9.17) is 5.11 Å². The summed E-state index contributed by atoms with van der Waals surface area (Å²) >= 11 is 0. The summed E-state index contributed by atoms with van der Waals surface area (Å²) in [5.41, 5.74) is 2.34. The van der Waals surface area contributed by atoms with Gasteiger partial charge in [0.05, 0.1) is 11.3 Å². The van der Waals surface area contributed by atoms with Gasteiger partial charge in [0.1, 0.15) is 11.6 Å². The van der Waals surface area contributed by atoms with Crippen molar-refractivity contribution in [2.45, 2.75) is 18.2 Å². The van der Waals surface area contributed by atoms with Gasteiger partial charge in [0.2, 0.25) is 0 Å². The van der Waals surface area contributed by atoms with Crippen LogP contribution < -0.4 is 0 Å². The lowest BCUT2D eigenvalue weighted by Gasteiger charge is -2.07. The highest BCUT2D eigenvalue weighted by atomic mass is 32.2. The topological polar surface area (TPSA) is 71.4 Å². The molecule has 0 heterocycles. The standard InChI is InChI=1S/C20H16F2O4S/c1-11-15(10-19(23)24)17-8-13(21)9-18(22)20(17)16(11)7-12-3-5-14(6-4-12)27(2,25)26/h3-9H,10H2,1-2H3,(H,23,24). The fourth-order valence-corrected chi connectivity index (χ4v) is 3.81. The Morgan fingerprint density at radius 2 is 1.78 bits per heavy atom. The number of aliphatic carboxylic acids is 1. The summed E-state index contributed by atoms with van der Waals surface area (Å²) in [6.07, 6.45) is 2.38. The van der Waals surface area contributed by atoms with Crippen LogP contribution in [0.25, 0.3) is 17.2 Å². The molecule has 140 valence electrons. The van der Waals surface area contributed by atoms with E-state index in [1.54, 1.807) is 25.1 Å². The van der Waals surface area contributed by atoms with Gasteiger partial charge in [0.15, 0.2) is 9.84 Å². The first-order chi connectivity index (χ1) is 12.6. The molecule has 1 aliphatic carbocycles. The first-order valence-electron chi connectivity index (χ1n) is 8.01. The molecule has 0 saturated carbocycles. The Kier molecular flexibility index (Phi) is 4.73. The van der Waals surface area contributed by atoms with Crippen molar-refractivity contribution >= 4 is 33.0 Å². The average Bonchev–Trinajstić information content (AvgIpc) is 2.80. The van der Waals surface area contributed by atoms with Crippen molar-refractivity contribution in [3.05, 3.63) is 70.3 Å². The van der Waals surface area contributed by atoms with Crippen molar-refractivity contribution in [3.63, 3.8) is 0 Å². The van der Waals surface area contributed by atoms with Gasteiger partial charge in [-0.2, -0.15) is 0 Å². The molecular weight excluding hydrogens is 374 g/mol. The van der Waals surface area contributed by atoms with Gasteiger partial charge in [-0.05, 0) is 59.0 Å². The highest BCUT2D eigenvalue weighted by molar-refractivity contribution is 7.90. The maximum atomic E-state index is 14.5. The molecule has 0 aliphatic heterocycles. The van der Waals surface area contributed by atoms with E-state index in [0.717, 1.165) is 18.4 Å². The average molecular weight is 390 g/mol. The van der Waals surface area contributed by atoms with Gasteiger partial charge in [-0.15, -0.1) is 0 Å². The molecule has 3 rings (SSSR count). The Hall–Kier alpha value is -2.80. The number of allylic oxidation sites excluding steroid dienone is 2. The summed E-state index contributed by atoms with van der Waals surface area (Å²) in [6, 6.07) is 7.93. The number of carboxylic acid groups (broad SMARTS) is 1. The molecule has 0 amide bonds. The molecule has 2 aromatic rings. The van der Waals surface area contributed by atoms with E-state index < -0.39 is 27.4 Å². The van der Waals surface area contributed by atoms with Crippen LogP contribution in [0.4, 0.5) is 8.78 Å². The largest absolute Gasteiger partial charge is 0.481 e. The number of rotatable bonds is 4. The maximum absolute atomic E-state index is 14.5. The van der Waals surface area contributed by atoms with E-state index in [0.29, 0.717) is 22.3 Å². The van der Waals surface area contributed by atoms with E-state index >= 15 is 0 Å². The third-order valence-corrected chi connectivity index (χ3v) is 5.58. The molecule has 0 radical (unpaired) electrons. The summed E-state index contributed by atoms with van der Waals surface area (Å²) in [7, 11) is -3.34. The van der Waals surface area contributed by atoms with Gasteiger partial charge < -0.3 is 5.11 Å². The van der Waals surface area contributed by atoms with Crippen molar-refractivity contribution in [3.8, 4) is 0 Å². The Morgan fingerprint density at radius 1 is 1.15 bits per heavy atom. The van der Waals surface area contributed by atoms with Crippen LogP contribution in [0.15, 0.2) is 46.9 Å². The minimum absolute atomic E-state index is 0.150. The molecule has 4 nitrogen and oxygen atoms in total. The van der Waals surface area contributed by atoms with Gasteiger partial charge >= 0.3 is 5.97 Å². The SMILES string of the molecule is CC1=C(CC(=O)O)c2cc(F)cc(F)c2C1=Cc1ccc(S(C)(=O)=O)cc1. The van der Waals surface area contributed by atoms with Gasteiger partial charge in [-0.1, -0.05) is 12.1 Å². The molecule has 0 unspecified atom stereocenters. The maximum Gasteiger partial charge on any atom is 0.307 e. The molecular formula is C20H16F2O4S. The van der Waals surface area contributed by atoms with Crippen LogP contribution in [0.1, 0.15) is 30.0 Å².